The number of carbonyl (C=O) groups excluding carboxylic acids is 1. The monoisotopic (exact) mass is 371 g/mol. The predicted molar refractivity (Wildman–Crippen MR) is 104 cm³/mol. The third-order valence-corrected chi connectivity index (χ3v) is 5.04. The number of nitrogens with one attached hydrogen (secondary N) is 1. The van der Waals surface area contributed by atoms with Gasteiger partial charge in [0.2, 0.25) is 0 Å². The Balaban J connectivity index is 1.79. The Morgan fingerprint density at radius 3 is 2.70 bits per heavy atom. The van der Waals surface area contributed by atoms with Gasteiger partial charge < -0.3 is 15.8 Å². The number of nitrogens with two attached hydrogens (primary N) is 1. The molecule has 1 heterocycles. The maximum absolute atomic E-state index is 12.8. The first kappa shape index (κ1) is 19.4. The van der Waals surface area contributed by atoms with Crippen LogP contribution in [-0.4, -0.2) is 39.6 Å². The molecule has 1 fully saturated rings. The van der Waals surface area contributed by atoms with Gasteiger partial charge in [0.25, 0.3) is 5.91 Å². The van der Waals surface area contributed by atoms with E-state index in [1.54, 1.807) is 4.68 Å². The van der Waals surface area contributed by atoms with Crippen LogP contribution in [0, 0.1) is 5.92 Å². The van der Waals surface area contributed by atoms with E-state index in [4.69, 9.17) is 10.5 Å². The fraction of sp³-hybridized carbons (Fsp3) is 0.550. The SMILES string of the molecule is CCc1c(C(=O)NC2CCCC2CN)nnn1-c1ccc(OC(C)C)cc1. The molecular formula is C20H29N5O2. The van der Waals surface area contributed by atoms with E-state index in [0.717, 1.165) is 36.4 Å². The van der Waals surface area contributed by atoms with Crippen molar-refractivity contribution in [2.75, 3.05) is 6.54 Å². The van der Waals surface area contributed by atoms with Gasteiger partial charge >= 0.3 is 0 Å². The number of ether oxygens (including phenoxy) is 1. The van der Waals surface area contributed by atoms with Gasteiger partial charge in [-0.25, -0.2) is 4.68 Å². The molecule has 1 aromatic carbocycles. The molecule has 1 saturated carbocycles. The number of amides is 1. The lowest BCUT2D eigenvalue weighted by Gasteiger charge is -2.19. The normalized spacial score (nSPS) is 19.4. The van der Waals surface area contributed by atoms with Gasteiger partial charge in [0.1, 0.15) is 5.75 Å². The molecule has 0 radical (unpaired) electrons. The molecule has 2 atom stereocenters. The minimum atomic E-state index is -0.164. The zero-order valence-electron chi connectivity index (χ0n) is 16.3. The van der Waals surface area contributed by atoms with Crippen LogP contribution in [0.4, 0.5) is 0 Å². The van der Waals surface area contributed by atoms with E-state index >= 15 is 0 Å². The van der Waals surface area contributed by atoms with E-state index in [0.29, 0.717) is 24.6 Å². The summed E-state index contributed by atoms with van der Waals surface area (Å²) in [5.41, 5.74) is 7.87. The number of hydrogen-bond donors (Lipinski definition) is 2. The van der Waals surface area contributed by atoms with Crippen molar-refractivity contribution in [1.29, 1.82) is 0 Å². The van der Waals surface area contributed by atoms with Crippen molar-refractivity contribution in [2.24, 2.45) is 11.7 Å². The smallest absolute Gasteiger partial charge is 0.274 e. The largest absolute Gasteiger partial charge is 0.491 e. The second kappa shape index (κ2) is 8.52. The molecular weight excluding hydrogens is 342 g/mol. The molecule has 3 N–H and O–H groups in total. The molecule has 1 aliphatic rings. The zero-order valence-corrected chi connectivity index (χ0v) is 16.3. The lowest BCUT2D eigenvalue weighted by Crippen LogP contribution is -2.40. The Morgan fingerprint density at radius 2 is 2.07 bits per heavy atom. The van der Waals surface area contributed by atoms with E-state index < -0.39 is 0 Å². The highest BCUT2D eigenvalue weighted by Crippen LogP contribution is 2.25. The van der Waals surface area contributed by atoms with Crippen LogP contribution in [0.15, 0.2) is 24.3 Å². The highest BCUT2D eigenvalue weighted by molar-refractivity contribution is 5.93. The summed E-state index contributed by atoms with van der Waals surface area (Å²) in [4.78, 5) is 12.8. The molecule has 0 spiro atoms. The quantitative estimate of drug-likeness (QED) is 0.780. The second-order valence-electron chi connectivity index (χ2n) is 7.32. The molecule has 2 unspecified atom stereocenters. The van der Waals surface area contributed by atoms with E-state index in [-0.39, 0.29) is 18.1 Å². The Kier molecular flexibility index (Phi) is 6.11. The number of rotatable bonds is 7. The first-order valence-corrected chi connectivity index (χ1v) is 9.76. The fourth-order valence-electron chi connectivity index (χ4n) is 3.69. The van der Waals surface area contributed by atoms with Gasteiger partial charge in [-0.2, -0.15) is 0 Å². The second-order valence-corrected chi connectivity index (χ2v) is 7.32. The van der Waals surface area contributed by atoms with Crippen LogP contribution in [0.25, 0.3) is 5.69 Å². The molecule has 1 amide bonds. The van der Waals surface area contributed by atoms with E-state index in [1.165, 1.54) is 0 Å². The summed E-state index contributed by atoms with van der Waals surface area (Å²) in [5.74, 6) is 0.990. The highest BCUT2D eigenvalue weighted by Gasteiger charge is 2.29. The molecule has 146 valence electrons. The molecule has 7 heteroatoms. The number of nitrogens with zero attached hydrogens (tertiary/aromatic N) is 3. The zero-order chi connectivity index (χ0) is 19.4. The Morgan fingerprint density at radius 1 is 1.33 bits per heavy atom. The summed E-state index contributed by atoms with van der Waals surface area (Å²) < 4.78 is 7.41. The minimum Gasteiger partial charge on any atom is -0.491 e. The van der Waals surface area contributed by atoms with Crippen molar-refractivity contribution in [1.82, 2.24) is 20.3 Å². The van der Waals surface area contributed by atoms with Crippen LogP contribution in [0.3, 0.4) is 0 Å². The first-order chi connectivity index (χ1) is 13.0. The van der Waals surface area contributed by atoms with Crippen molar-refractivity contribution < 1.29 is 9.53 Å². The summed E-state index contributed by atoms with van der Waals surface area (Å²) in [5, 5.41) is 11.5. The highest BCUT2D eigenvalue weighted by atomic mass is 16.5. The van der Waals surface area contributed by atoms with Crippen LogP contribution >= 0.6 is 0 Å². The average Bonchev–Trinajstić information content (AvgIpc) is 3.28. The molecule has 27 heavy (non-hydrogen) atoms. The predicted octanol–water partition coefficient (Wildman–Crippen LogP) is 2.47. The lowest BCUT2D eigenvalue weighted by atomic mass is 10.0. The molecule has 3 rings (SSSR count). The first-order valence-electron chi connectivity index (χ1n) is 9.76. The molecule has 7 nitrogen and oxygen atoms in total. The topological polar surface area (TPSA) is 95.1 Å². The van der Waals surface area contributed by atoms with Crippen molar-refractivity contribution in [3.05, 3.63) is 35.7 Å². The molecule has 1 aliphatic carbocycles. The molecule has 0 aliphatic heterocycles. The fourth-order valence-corrected chi connectivity index (χ4v) is 3.69. The molecule has 2 aromatic rings. The lowest BCUT2D eigenvalue weighted by molar-refractivity contribution is 0.0922. The van der Waals surface area contributed by atoms with Crippen LogP contribution in [-0.2, 0) is 6.42 Å². The summed E-state index contributed by atoms with van der Waals surface area (Å²) >= 11 is 0. The third-order valence-electron chi connectivity index (χ3n) is 5.04. The van der Waals surface area contributed by atoms with Gasteiger partial charge in [-0.05, 0) is 69.8 Å². The standard InChI is InChI=1S/C20H29N5O2/c1-4-18-19(20(26)22-17-7-5-6-14(17)12-21)23-24-25(18)15-8-10-16(11-9-15)27-13(2)3/h8-11,13-14,17H,4-7,12,21H2,1-3H3,(H,22,26). The van der Waals surface area contributed by atoms with Crippen molar-refractivity contribution in [2.45, 2.75) is 58.6 Å². The van der Waals surface area contributed by atoms with Crippen LogP contribution in [0.2, 0.25) is 0 Å². The Labute approximate surface area is 160 Å². The molecule has 1 aromatic heterocycles. The van der Waals surface area contributed by atoms with Crippen LogP contribution in [0.1, 0.15) is 56.2 Å². The van der Waals surface area contributed by atoms with E-state index in [1.807, 2.05) is 45.0 Å². The van der Waals surface area contributed by atoms with Gasteiger partial charge in [-0.15, -0.1) is 5.10 Å². The summed E-state index contributed by atoms with van der Waals surface area (Å²) in [6, 6.07) is 7.79. The summed E-state index contributed by atoms with van der Waals surface area (Å²) in [7, 11) is 0. The van der Waals surface area contributed by atoms with Gasteiger partial charge in [0, 0.05) is 6.04 Å². The maximum atomic E-state index is 12.8. The van der Waals surface area contributed by atoms with Crippen LogP contribution < -0.4 is 15.8 Å². The van der Waals surface area contributed by atoms with Crippen molar-refractivity contribution in [3.63, 3.8) is 0 Å². The Bertz CT molecular complexity index is 769. The summed E-state index contributed by atoms with van der Waals surface area (Å²) in [6.45, 7) is 6.58. The Hall–Kier alpha value is -2.41. The van der Waals surface area contributed by atoms with E-state index in [2.05, 4.69) is 15.6 Å². The number of aromatic nitrogens is 3. The number of hydrogen-bond acceptors (Lipinski definition) is 5. The maximum Gasteiger partial charge on any atom is 0.274 e. The third kappa shape index (κ3) is 4.30. The number of carbonyl (C=O) groups is 1. The summed E-state index contributed by atoms with van der Waals surface area (Å²) in [6.07, 6.45) is 3.92. The molecule has 0 saturated heterocycles. The van der Waals surface area contributed by atoms with E-state index in [9.17, 15) is 4.79 Å². The number of benzene rings is 1. The molecule has 0 bridgehead atoms. The minimum absolute atomic E-state index is 0.122. The van der Waals surface area contributed by atoms with Gasteiger partial charge in [0.05, 0.1) is 17.5 Å². The van der Waals surface area contributed by atoms with Crippen molar-refractivity contribution >= 4 is 5.91 Å². The van der Waals surface area contributed by atoms with Gasteiger partial charge in [-0.1, -0.05) is 18.6 Å². The average molecular weight is 371 g/mol. The van der Waals surface area contributed by atoms with Gasteiger partial charge in [-0.3, -0.25) is 4.79 Å². The van der Waals surface area contributed by atoms with Gasteiger partial charge in [0.15, 0.2) is 5.69 Å². The van der Waals surface area contributed by atoms with Crippen molar-refractivity contribution in [3.8, 4) is 11.4 Å². The van der Waals surface area contributed by atoms with Crippen LogP contribution in [0.5, 0.6) is 5.75 Å².